The van der Waals surface area contributed by atoms with E-state index in [0.717, 1.165) is 29.3 Å². The predicted octanol–water partition coefficient (Wildman–Crippen LogP) is 0.975. The molecule has 2 aromatic rings. The maximum Gasteiger partial charge on any atom is 0.264 e. The first kappa shape index (κ1) is 15.1. The Hall–Kier alpha value is -2.48. The Morgan fingerprint density at radius 3 is 3.04 bits per heavy atom. The number of fused-ring (bicyclic) bond motifs is 1. The van der Waals surface area contributed by atoms with Crippen LogP contribution in [-0.2, 0) is 6.42 Å². The van der Waals surface area contributed by atoms with Gasteiger partial charge in [0.25, 0.3) is 11.8 Å². The van der Waals surface area contributed by atoms with E-state index < -0.39 is 0 Å². The van der Waals surface area contributed by atoms with E-state index in [0.29, 0.717) is 36.7 Å². The number of benzene rings is 1. The van der Waals surface area contributed by atoms with Gasteiger partial charge in [-0.2, -0.15) is 0 Å². The minimum Gasteiger partial charge on any atom is -0.493 e. The lowest BCUT2D eigenvalue weighted by atomic mass is 9.98. The van der Waals surface area contributed by atoms with E-state index >= 15 is 0 Å². The number of nitrogens with one attached hydrogen (secondary N) is 1. The molecule has 1 fully saturated rings. The SMILES string of the molecule is O=C(NCC1CN(C(=O)c2ccc3c(c2)OCC3)C1)c1cnns1. The molecule has 0 unspecified atom stereocenters. The molecule has 0 bridgehead atoms. The first-order chi connectivity index (χ1) is 11.7. The lowest BCUT2D eigenvalue weighted by Crippen LogP contribution is -2.53. The fourth-order valence-electron chi connectivity index (χ4n) is 2.94. The fraction of sp³-hybridized carbons (Fsp3) is 0.375. The molecule has 0 spiro atoms. The highest BCUT2D eigenvalue weighted by atomic mass is 32.1. The molecular formula is C16H16N4O3S. The van der Waals surface area contributed by atoms with E-state index in [1.807, 2.05) is 18.2 Å². The molecule has 3 heterocycles. The van der Waals surface area contributed by atoms with Gasteiger partial charge in [0.2, 0.25) is 0 Å². The smallest absolute Gasteiger partial charge is 0.264 e. The van der Waals surface area contributed by atoms with Crippen molar-refractivity contribution in [1.29, 1.82) is 0 Å². The van der Waals surface area contributed by atoms with Crippen LogP contribution in [0.4, 0.5) is 0 Å². The van der Waals surface area contributed by atoms with Crippen molar-refractivity contribution >= 4 is 23.3 Å². The van der Waals surface area contributed by atoms with Crippen molar-refractivity contribution in [2.24, 2.45) is 5.92 Å². The third-order valence-electron chi connectivity index (χ3n) is 4.32. The van der Waals surface area contributed by atoms with Crippen LogP contribution in [0.2, 0.25) is 0 Å². The van der Waals surface area contributed by atoms with Gasteiger partial charge in [-0.1, -0.05) is 10.6 Å². The lowest BCUT2D eigenvalue weighted by molar-refractivity contribution is 0.0498. The van der Waals surface area contributed by atoms with Crippen LogP contribution in [0.25, 0.3) is 0 Å². The normalized spacial score (nSPS) is 16.2. The zero-order chi connectivity index (χ0) is 16.5. The first-order valence-corrected chi connectivity index (χ1v) is 8.58. The molecule has 0 radical (unpaired) electrons. The summed E-state index contributed by atoms with van der Waals surface area (Å²) in [5.41, 5.74) is 1.82. The van der Waals surface area contributed by atoms with Crippen molar-refractivity contribution in [3.8, 4) is 5.75 Å². The second-order valence-corrected chi connectivity index (χ2v) is 6.77. The number of ether oxygens (including phenoxy) is 1. The molecule has 4 rings (SSSR count). The van der Waals surface area contributed by atoms with Crippen LogP contribution in [0.15, 0.2) is 24.4 Å². The Kier molecular flexibility index (Phi) is 3.89. The van der Waals surface area contributed by atoms with Crippen molar-refractivity contribution in [2.75, 3.05) is 26.2 Å². The molecule has 0 saturated carbocycles. The van der Waals surface area contributed by atoms with Crippen molar-refractivity contribution in [1.82, 2.24) is 19.8 Å². The Balaban J connectivity index is 1.28. The Morgan fingerprint density at radius 1 is 1.38 bits per heavy atom. The van der Waals surface area contributed by atoms with Crippen LogP contribution in [0, 0.1) is 5.92 Å². The standard InChI is InChI=1S/C16H16N4O3S/c21-15(14-7-18-19-24-14)17-6-10-8-20(9-10)16(22)12-2-1-11-3-4-23-13(11)5-12/h1-2,5,7,10H,3-4,6,8-9H2,(H,17,21). The van der Waals surface area contributed by atoms with E-state index in [-0.39, 0.29) is 17.7 Å². The number of hydrogen-bond acceptors (Lipinski definition) is 6. The lowest BCUT2D eigenvalue weighted by Gasteiger charge is -2.39. The number of likely N-dealkylation sites (tertiary alicyclic amines) is 1. The zero-order valence-corrected chi connectivity index (χ0v) is 13.7. The van der Waals surface area contributed by atoms with Gasteiger partial charge in [-0.3, -0.25) is 9.59 Å². The Morgan fingerprint density at radius 2 is 2.25 bits per heavy atom. The molecule has 124 valence electrons. The molecule has 0 atom stereocenters. The third kappa shape index (κ3) is 2.84. The monoisotopic (exact) mass is 344 g/mol. The van der Waals surface area contributed by atoms with Crippen LogP contribution in [0.3, 0.4) is 0 Å². The zero-order valence-electron chi connectivity index (χ0n) is 12.9. The van der Waals surface area contributed by atoms with Gasteiger partial charge < -0.3 is 15.0 Å². The second-order valence-electron chi connectivity index (χ2n) is 5.99. The van der Waals surface area contributed by atoms with Crippen molar-refractivity contribution in [3.05, 3.63) is 40.4 Å². The largest absolute Gasteiger partial charge is 0.493 e. The molecule has 2 amide bonds. The maximum atomic E-state index is 12.5. The molecule has 2 aliphatic rings. The van der Waals surface area contributed by atoms with Crippen LogP contribution in [0.1, 0.15) is 25.6 Å². The molecule has 24 heavy (non-hydrogen) atoms. The molecule has 0 aliphatic carbocycles. The summed E-state index contributed by atoms with van der Waals surface area (Å²) in [6.45, 7) is 2.54. The summed E-state index contributed by atoms with van der Waals surface area (Å²) in [6, 6.07) is 5.66. The summed E-state index contributed by atoms with van der Waals surface area (Å²) in [5, 5.41) is 6.50. The Labute approximate surface area is 142 Å². The Bertz CT molecular complexity index is 772. The van der Waals surface area contributed by atoms with E-state index in [1.54, 1.807) is 4.90 Å². The third-order valence-corrected chi connectivity index (χ3v) is 4.99. The molecule has 1 aromatic carbocycles. The van der Waals surface area contributed by atoms with Gasteiger partial charge in [-0.25, -0.2) is 0 Å². The predicted molar refractivity (Wildman–Crippen MR) is 87.3 cm³/mol. The fourth-order valence-corrected chi connectivity index (χ4v) is 3.37. The summed E-state index contributed by atoms with van der Waals surface area (Å²) in [7, 11) is 0. The maximum absolute atomic E-state index is 12.5. The number of nitrogens with zero attached hydrogens (tertiary/aromatic N) is 3. The highest BCUT2D eigenvalue weighted by molar-refractivity contribution is 7.07. The van der Waals surface area contributed by atoms with E-state index in [2.05, 4.69) is 14.9 Å². The van der Waals surface area contributed by atoms with Crippen molar-refractivity contribution < 1.29 is 14.3 Å². The van der Waals surface area contributed by atoms with Gasteiger partial charge >= 0.3 is 0 Å². The van der Waals surface area contributed by atoms with Crippen LogP contribution < -0.4 is 10.1 Å². The molecule has 1 aromatic heterocycles. The average Bonchev–Trinajstić information content (AvgIpc) is 3.23. The number of amides is 2. The summed E-state index contributed by atoms with van der Waals surface area (Å²) in [4.78, 5) is 26.6. The highest BCUT2D eigenvalue weighted by Gasteiger charge is 2.32. The van der Waals surface area contributed by atoms with Crippen molar-refractivity contribution in [3.63, 3.8) is 0 Å². The quantitative estimate of drug-likeness (QED) is 0.894. The number of hydrogen-bond donors (Lipinski definition) is 1. The molecule has 1 saturated heterocycles. The van der Waals surface area contributed by atoms with Gasteiger partial charge in [0, 0.05) is 37.5 Å². The van der Waals surface area contributed by atoms with Gasteiger partial charge in [0.15, 0.2) is 0 Å². The molecule has 8 heteroatoms. The molecule has 7 nitrogen and oxygen atoms in total. The first-order valence-electron chi connectivity index (χ1n) is 7.81. The van der Waals surface area contributed by atoms with Crippen LogP contribution >= 0.6 is 11.5 Å². The van der Waals surface area contributed by atoms with Crippen LogP contribution in [-0.4, -0.2) is 52.5 Å². The average molecular weight is 344 g/mol. The number of rotatable bonds is 4. The van der Waals surface area contributed by atoms with Crippen molar-refractivity contribution in [2.45, 2.75) is 6.42 Å². The summed E-state index contributed by atoms with van der Waals surface area (Å²) in [5.74, 6) is 0.959. The molecule has 1 N–H and O–H groups in total. The highest BCUT2D eigenvalue weighted by Crippen LogP contribution is 2.27. The van der Waals surface area contributed by atoms with Gasteiger partial charge in [-0.05, 0) is 29.2 Å². The minimum atomic E-state index is -0.162. The van der Waals surface area contributed by atoms with Gasteiger partial charge in [0.1, 0.15) is 10.6 Å². The number of carbonyl (C=O) groups is 2. The molecular weight excluding hydrogens is 328 g/mol. The van der Waals surface area contributed by atoms with Gasteiger partial charge in [0.05, 0.1) is 12.8 Å². The van der Waals surface area contributed by atoms with E-state index in [9.17, 15) is 9.59 Å². The van der Waals surface area contributed by atoms with Gasteiger partial charge in [-0.15, -0.1) is 5.10 Å². The number of aromatic nitrogens is 2. The second kappa shape index (κ2) is 6.20. The summed E-state index contributed by atoms with van der Waals surface area (Å²) in [6.07, 6.45) is 2.36. The summed E-state index contributed by atoms with van der Waals surface area (Å²) < 4.78 is 9.18. The van der Waals surface area contributed by atoms with Crippen LogP contribution in [0.5, 0.6) is 5.75 Å². The summed E-state index contributed by atoms with van der Waals surface area (Å²) >= 11 is 1.07. The topological polar surface area (TPSA) is 84.4 Å². The number of carbonyl (C=O) groups excluding carboxylic acids is 2. The minimum absolute atomic E-state index is 0.0162. The molecule has 2 aliphatic heterocycles. The van der Waals surface area contributed by atoms with E-state index in [4.69, 9.17) is 4.74 Å². The van der Waals surface area contributed by atoms with E-state index in [1.165, 1.54) is 6.20 Å².